The molecule has 0 bridgehead atoms. The van der Waals surface area contributed by atoms with Crippen LogP contribution < -0.4 is 11.1 Å². The van der Waals surface area contributed by atoms with Crippen LogP contribution >= 0.6 is 0 Å². The van der Waals surface area contributed by atoms with Gasteiger partial charge in [0.05, 0.1) is 12.1 Å². The molecule has 2 aliphatic rings. The van der Waals surface area contributed by atoms with Gasteiger partial charge in [0.1, 0.15) is 0 Å². The Labute approximate surface area is 119 Å². The van der Waals surface area contributed by atoms with Gasteiger partial charge in [0.15, 0.2) is 0 Å². The number of carbonyl (C=O) groups is 1. The molecule has 0 spiro atoms. The van der Waals surface area contributed by atoms with Crippen molar-refractivity contribution in [2.24, 2.45) is 5.73 Å². The Balaban J connectivity index is 1.67. The fraction of sp³-hybridized carbons (Fsp3) is 0.562. The van der Waals surface area contributed by atoms with E-state index >= 15 is 0 Å². The summed E-state index contributed by atoms with van der Waals surface area (Å²) in [6.45, 7) is 0. The third-order valence-corrected chi connectivity index (χ3v) is 4.63. The number of hydrogen-bond acceptors (Lipinski definition) is 3. The molecule has 108 valence electrons. The highest BCUT2D eigenvalue weighted by molar-refractivity contribution is 5.78. The lowest BCUT2D eigenvalue weighted by atomic mass is 9.94. The predicted molar refractivity (Wildman–Crippen MR) is 77.0 cm³/mol. The fourth-order valence-electron chi connectivity index (χ4n) is 3.55. The normalized spacial score (nSPS) is 27.3. The van der Waals surface area contributed by atoms with Gasteiger partial charge in [-0.05, 0) is 24.0 Å². The van der Waals surface area contributed by atoms with E-state index in [0.29, 0.717) is 12.8 Å². The van der Waals surface area contributed by atoms with Crippen LogP contribution in [0.5, 0.6) is 0 Å². The van der Waals surface area contributed by atoms with E-state index in [0.717, 1.165) is 36.8 Å². The Morgan fingerprint density at radius 2 is 2.05 bits per heavy atom. The number of fused-ring (bicyclic) bond motifs is 1. The Morgan fingerprint density at radius 3 is 2.80 bits per heavy atom. The van der Waals surface area contributed by atoms with E-state index in [1.54, 1.807) is 0 Å². The topological polar surface area (TPSA) is 75.4 Å². The molecule has 1 saturated carbocycles. The smallest absolute Gasteiger partial charge is 0.222 e. The molecule has 1 amide bonds. The van der Waals surface area contributed by atoms with Gasteiger partial charge in [-0.2, -0.15) is 0 Å². The third kappa shape index (κ3) is 2.58. The SMILES string of the molecule is NC1(CC(=O)N[C@H]2c3ccccc3C[C@H]2O)CCCC1. The number of nitrogens with one attached hydrogen (secondary N) is 1. The molecule has 0 unspecified atom stereocenters. The van der Waals surface area contributed by atoms with Crippen molar-refractivity contribution >= 4 is 5.91 Å². The number of aliphatic hydroxyl groups excluding tert-OH is 1. The summed E-state index contributed by atoms with van der Waals surface area (Å²) in [5.74, 6) is -0.0462. The number of benzene rings is 1. The molecular weight excluding hydrogens is 252 g/mol. The molecule has 2 atom stereocenters. The first-order valence-electron chi connectivity index (χ1n) is 7.42. The molecule has 2 aliphatic carbocycles. The Hall–Kier alpha value is -1.39. The summed E-state index contributed by atoms with van der Waals surface area (Å²) in [4.78, 5) is 12.2. The van der Waals surface area contributed by atoms with Gasteiger partial charge in [0, 0.05) is 18.4 Å². The van der Waals surface area contributed by atoms with Crippen molar-refractivity contribution in [2.45, 2.75) is 56.2 Å². The standard InChI is InChI=1S/C16H22N2O2/c17-16(7-3-4-8-16)10-14(20)18-15-12-6-2-1-5-11(12)9-13(15)19/h1-2,5-6,13,15,19H,3-4,7-10,17H2,(H,18,20)/t13-,15+/m1/s1. The minimum Gasteiger partial charge on any atom is -0.390 e. The van der Waals surface area contributed by atoms with Gasteiger partial charge in [-0.3, -0.25) is 4.79 Å². The number of carbonyl (C=O) groups excluding carboxylic acids is 1. The van der Waals surface area contributed by atoms with Crippen molar-refractivity contribution in [3.8, 4) is 0 Å². The molecule has 1 fully saturated rings. The van der Waals surface area contributed by atoms with Crippen LogP contribution in [0.4, 0.5) is 0 Å². The van der Waals surface area contributed by atoms with Gasteiger partial charge in [0.25, 0.3) is 0 Å². The highest BCUT2D eigenvalue weighted by Gasteiger charge is 2.35. The van der Waals surface area contributed by atoms with Gasteiger partial charge in [-0.25, -0.2) is 0 Å². The average Bonchev–Trinajstić information content (AvgIpc) is 2.95. The number of amides is 1. The average molecular weight is 274 g/mol. The molecule has 0 saturated heterocycles. The lowest BCUT2D eigenvalue weighted by Gasteiger charge is -2.25. The molecule has 3 rings (SSSR count). The zero-order valence-electron chi connectivity index (χ0n) is 11.6. The van der Waals surface area contributed by atoms with E-state index < -0.39 is 6.10 Å². The highest BCUT2D eigenvalue weighted by atomic mass is 16.3. The Kier molecular flexibility index (Phi) is 3.52. The van der Waals surface area contributed by atoms with Crippen LogP contribution in [0.1, 0.15) is 49.3 Å². The summed E-state index contributed by atoms with van der Waals surface area (Å²) in [6, 6.07) is 7.60. The van der Waals surface area contributed by atoms with E-state index in [2.05, 4.69) is 5.32 Å². The van der Waals surface area contributed by atoms with Crippen LogP contribution in [0.2, 0.25) is 0 Å². The van der Waals surface area contributed by atoms with Crippen molar-refractivity contribution in [3.05, 3.63) is 35.4 Å². The van der Waals surface area contributed by atoms with Crippen LogP contribution in [0.15, 0.2) is 24.3 Å². The molecule has 0 heterocycles. The second-order valence-electron chi connectivity index (χ2n) is 6.26. The number of rotatable bonds is 3. The zero-order chi connectivity index (χ0) is 14.2. The largest absolute Gasteiger partial charge is 0.390 e. The van der Waals surface area contributed by atoms with Crippen molar-refractivity contribution < 1.29 is 9.90 Å². The molecule has 1 aromatic rings. The first-order valence-corrected chi connectivity index (χ1v) is 7.42. The minimum atomic E-state index is -0.534. The molecule has 4 N–H and O–H groups in total. The van der Waals surface area contributed by atoms with E-state index in [1.807, 2.05) is 24.3 Å². The molecule has 1 aromatic carbocycles. The lowest BCUT2D eigenvalue weighted by molar-refractivity contribution is -0.123. The first-order chi connectivity index (χ1) is 9.57. The minimum absolute atomic E-state index is 0.0462. The molecule has 0 aliphatic heterocycles. The van der Waals surface area contributed by atoms with Gasteiger partial charge in [0.2, 0.25) is 5.91 Å². The Bertz CT molecular complexity index is 509. The van der Waals surface area contributed by atoms with Crippen LogP contribution in [-0.2, 0) is 11.2 Å². The van der Waals surface area contributed by atoms with Gasteiger partial charge in [-0.15, -0.1) is 0 Å². The molecule has 20 heavy (non-hydrogen) atoms. The third-order valence-electron chi connectivity index (χ3n) is 4.63. The lowest BCUT2D eigenvalue weighted by Crippen LogP contribution is -2.44. The summed E-state index contributed by atoms with van der Waals surface area (Å²) in [7, 11) is 0. The first kappa shape index (κ1) is 13.6. The van der Waals surface area contributed by atoms with Crippen molar-refractivity contribution in [3.63, 3.8) is 0 Å². The van der Waals surface area contributed by atoms with Crippen molar-refractivity contribution in [1.82, 2.24) is 5.32 Å². The maximum absolute atomic E-state index is 12.2. The van der Waals surface area contributed by atoms with E-state index in [9.17, 15) is 9.90 Å². The van der Waals surface area contributed by atoms with Crippen LogP contribution in [-0.4, -0.2) is 22.7 Å². The van der Waals surface area contributed by atoms with E-state index in [1.165, 1.54) is 0 Å². The second kappa shape index (κ2) is 5.19. The maximum Gasteiger partial charge on any atom is 0.222 e. The van der Waals surface area contributed by atoms with Crippen LogP contribution in [0.3, 0.4) is 0 Å². The summed E-state index contributed by atoms with van der Waals surface area (Å²) in [5.41, 5.74) is 8.05. The van der Waals surface area contributed by atoms with E-state index in [4.69, 9.17) is 5.73 Å². The number of nitrogens with two attached hydrogens (primary N) is 1. The summed E-state index contributed by atoms with van der Waals surface area (Å²) < 4.78 is 0. The number of hydrogen-bond donors (Lipinski definition) is 3. The van der Waals surface area contributed by atoms with Gasteiger partial charge in [-0.1, -0.05) is 37.1 Å². The highest BCUT2D eigenvalue weighted by Crippen LogP contribution is 2.33. The summed E-state index contributed by atoms with van der Waals surface area (Å²) in [5, 5.41) is 13.1. The van der Waals surface area contributed by atoms with Gasteiger partial charge >= 0.3 is 0 Å². The fourth-order valence-corrected chi connectivity index (χ4v) is 3.55. The van der Waals surface area contributed by atoms with Crippen molar-refractivity contribution in [2.75, 3.05) is 0 Å². The predicted octanol–water partition coefficient (Wildman–Crippen LogP) is 1.42. The molecular formula is C16H22N2O2. The summed E-state index contributed by atoms with van der Waals surface area (Å²) in [6.07, 6.45) is 4.49. The monoisotopic (exact) mass is 274 g/mol. The zero-order valence-corrected chi connectivity index (χ0v) is 11.6. The number of aliphatic hydroxyl groups is 1. The molecule has 0 radical (unpaired) electrons. The molecule has 4 heteroatoms. The maximum atomic E-state index is 12.2. The quantitative estimate of drug-likeness (QED) is 0.780. The van der Waals surface area contributed by atoms with Crippen LogP contribution in [0.25, 0.3) is 0 Å². The van der Waals surface area contributed by atoms with E-state index in [-0.39, 0.29) is 17.5 Å². The Morgan fingerprint density at radius 1 is 1.35 bits per heavy atom. The second-order valence-corrected chi connectivity index (χ2v) is 6.26. The van der Waals surface area contributed by atoms with Gasteiger partial charge < -0.3 is 16.2 Å². The summed E-state index contributed by atoms with van der Waals surface area (Å²) >= 11 is 0. The van der Waals surface area contributed by atoms with Crippen molar-refractivity contribution in [1.29, 1.82) is 0 Å². The molecule has 0 aromatic heterocycles. The molecule has 4 nitrogen and oxygen atoms in total. The van der Waals surface area contributed by atoms with Crippen LogP contribution in [0, 0.1) is 0 Å².